The van der Waals surface area contributed by atoms with Crippen molar-refractivity contribution in [2.45, 2.75) is 19.5 Å². The Morgan fingerprint density at radius 2 is 1.70 bits per heavy atom. The number of nitrogens with zero attached hydrogens (tertiary/aromatic N) is 4. The van der Waals surface area contributed by atoms with Crippen LogP contribution in [0.15, 0.2) is 73.1 Å². The minimum absolute atomic E-state index is 0.171. The number of nitrogens with two attached hydrogens (primary N) is 1. The quantitative estimate of drug-likeness (QED) is 0.300. The second-order valence-corrected chi connectivity index (χ2v) is 9.39. The highest BCUT2D eigenvalue weighted by Gasteiger charge is 2.18. The van der Waals surface area contributed by atoms with E-state index >= 15 is 0 Å². The largest absolute Gasteiger partial charge is 0.383 e. The molecular formula is C30H28FN7O2. The van der Waals surface area contributed by atoms with E-state index in [1.807, 2.05) is 30.3 Å². The van der Waals surface area contributed by atoms with Crippen molar-refractivity contribution in [3.05, 3.63) is 107 Å². The summed E-state index contributed by atoms with van der Waals surface area (Å²) in [5.74, 6) is -0.513. The summed E-state index contributed by atoms with van der Waals surface area (Å²) in [7, 11) is 3.31. The number of nitrogens with one attached hydrogen (secondary N) is 2. The van der Waals surface area contributed by atoms with E-state index in [9.17, 15) is 19.2 Å². The molecule has 4 N–H and O–H groups in total. The normalized spacial score (nSPS) is 11.3. The van der Waals surface area contributed by atoms with E-state index in [0.717, 1.165) is 22.3 Å². The number of aromatic nitrogens is 2. The molecule has 1 atom stereocenters. The molecule has 0 aliphatic carbocycles. The molecule has 4 rings (SSSR count). The number of halogens is 1. The third-order valence-corrected chi connectivity index (χ3v) is 6.28. The van der Waals surface area contributed by atoms with Gasteiger partial charge in [-0.05, 0) is 47.9 Å². The van der Waals surface area contributed by atoms with Gasteiger partial charge in [0.1, 0.15) is 23.5 Å². The van der Waals surface area contributed by atoms with Crippen LogP contribution in [0.2, 0.25) is 0 Å². The van der Waals surface area contributed by atoms with Crippen LogP contribution in [0.5, 0.6) is 0 Å². The first-order valence-corrected chi connectivity index (χ1v) is 12.4. The maximum Gasteiger partial charge on any atom is 0.257 e. The van der Waals surface area contributed by atoms with E-state index < -0.39 is 11.9 Å². The highest BCUT2D eigenvalue weighted by molar-refractivity contribution is 6.00. The highest BCUT2D eigenvalue weighted by Crippen LogP contribution is 2.24. The maximum absolute atomic E-state index is 13.3. The highest BCUT2D eigenvalue weighted by atomic mass is 19.1. The number of hydrogen-bond donors (Lipinski definition) is 3. The standard InChI is InChI=1S/C30H28FN7O2/c1-18(21-8-10-24(31)11-9-21)37-29(39)26-12-20(14-32)16-36-28(26)35-15-19-4-6-22(7-5-19)23-13-25(27(33)34-17-23)30(40)38(2)3/h4-13,16-18H,15H2,1-3H3,(H2,33,34)(H,35,36)(H,37,39)/t18-/m0/s1. The zero-order valence-electron chi connectivity index (χ0n) is 22.3. The SMILES string of the molecule is C[C@H](NC(=O)c1cc(C#N)cnc1NCc1ccc(-c2cnc(N)c(C(=O)N(C)C)c2)cc1)c1ccc(F)cc1. The summed E-state index contributed by atoms with van der Waals surface area (Å²) in [6.07, 6.45) is 3.01. The summed E-state index contributed by atoms with van der Waals surface area (Å²) in [4.78, 5) is 35.4. The Bertz CT molecular complexity index is 1580. The third kappa shape index (κ3) is 6.39. The second-order valence-electron chi connectivity index (χ2n) is 9.39. The fraction of sp³-hybridized carbons (Fsp3) is 0.167. The van der Waals surface area contributed by atoms with Crippen molar-refractivity contribution in [2.75, 3.05) is 25.1 Å². The summed E-state index contributed by atoms with van der Waals surface area (Å²) in [6.45, 7) is 2.15. The Morgan fingerprint density at radius 1 is 1.00 bits per heavy atom. The van der Waals surface area contributed by atoms with Gasteiger partial charge in [-0.1, -0.05) is 36.4 Å². The van der Waals surface area contributed by atoms with Crippen molar-refractivity contribution in [1.29, 1.82) is 5.26 Å². The Morgan fingerprint density at radius 3 is 2.35 bits per heavy atom. The van der Waals surface area contributed by atoms with E-state index in [-0.39, 0.29) is 28.7 Å². The molecule has 10 heteroatoms. The fourth-order valence-electron chi connectivity index (χ4n) is 4.00. The van der Waals surface area contributed by atoms with Crippen molar-refractivity contribution in [3.63, 3.8) is 0 Å². The predicted molar refractivity (Wildman–Crippen MR) is 151 cm³/mol. The van der Waals surface area contributed by atoms with Crippen molar-refractivity contribution in [1.82, 2.24) is 20.2 Å². The summed E-state index contributed by atoms with van der Waals surface area (Å²) in [5, 5.41) is 15.4. The molecule has 2 aromatic heterocycles. The van der Waals surface area contributed by atoms with Gasteiger partial charge in [-0.2, -0.15) is 5.26 Å². The van der Waals surface area contributed by atoms with E-state index in [4.69, 9.17) is 5.73 Å². The topological polar surface area (TPSA) is 137 Å². The first-order chi connectivity index (χ1) is 19.2. The first-order valence-electron chi connectivity index (χ1n) is 12.4. The number of benzene rings is 2. The molecule has 2 amide bonds. The molecule has 0 saturated heterocycles. The van der Waals surface area contributed by atoms with E-state index in [1.54, 1.807) is 45.4 Å². The predicted octanol–water partition coefficient (Wildman–Crippen LogP) is 4.54. The fourth-order valence-corrected chi connectivity index (χ4v) is 4.00. The lowest BCUT2D eigenvalue weighted by Crippen LogP contribution is -2.28. The van der Waals surface area contributed by atoms with Crippen molar-refractivity contribution in [3.8, 4) is 17.2 Å². The molecule has 202 valence electrons. The number of amides is 2. The lowest BCUT2D eigenvalue weighted by atomic mass is 10.0. The molecule has 40 heavy (non-hydrogen) atoms. The van der Waals surface area contributed by atoms with Crippen molar-refractivity contribution in [2.24, 2.45) is 0 Å². The van der Waals surface area contributed by atoms with Crippen LogP contribution in [0.3, 0.4) is 0 Å². The smallest absolute Gasteiger partial charge is 0.257 e. The molecule has 0 fully saturated rings. The number of carbonyl (C=O) groups is 2. The summed E-state index contributed by atoms with van der Waals surface area (Å²) in [5.41, 5.74) is 9.96. The molecule has 0 bridgehead atoms. The Hall–Kier alpha value is -5.30. The van der Waals surface area contributed by atoms with E-state index in [1.165, 1.54) is 29.3 Å². The average molecular weight is 538 g/mol. The Kier molecular flexibility index (Phi) is 8.35. The third-order valence-electron chi connectivity index (χ3n) is 6.28. The molecule has 0 aliphatic rings. The maximum atomic E-state index is 13.3. The zero-order valence-corrected chi connectivity index (χ0v) is 22.3. The summed E-state index contributed by atoms with van der Waals surface area (Å²) in [6, 6.07) is 18.3. The molecule has 4 aromatic rings. The summed E-state index contributed by atoms with van der Waals surface area (Å²) < 4.78 is 13.3. The van der Waals surface area contributed by atoms with Crippen LogP contribution < -0.4 is 16.4 Å². The van der Waals surface area contributed by atoms with Gasteiger partial charge in [0.2, 0.25) is 0 Å². The minimum atomic E-state index is -0.418. The van der Waals surface area contributed by atoms with Crippen molar-refractivity contribution >= 4 is 23.5 Å². The van der Waals surface area contributed by atoms with Gasteiger partial charge in [0, 0.05) is 38.6 Å². The van der Waals surface area contributed by atoms with Gasteiger partial charge < -0.3 is 21.3 Å². The monoisotopic (exact) mass is 537 g/mol. The molecule has 2 heterocycles. The van der Waals surface area contributed by atoms with Crippen LogP contribution in [-0.4, -0.2) is 40.8 Å². The van der Waals surface area contributed by atoms with Crippen LogP contribution in [0.1, 0.15) is 50.4 Å². The van der Waals surface area contributed by atoms with Crippen LogP contribution in [0, 0.1) is 17.1 Å². The lowest BCUT2D eigenvalue weighted by Gasteiger charge is -2.17. The molecule has 0 spiro atoms. The van der Waals surface area contributed by atoms with Gasteiger partial charge >= 0.3 is 0 Å². The van der Waals surface area contributed by atoms with Gasteiger partial charge in [0.25, 0.3) is 11.8 Å². The van der Waals surface area contributed by atoms with E-state index in [2.05, 4.69) is 20.6 Å². The Labute approximate surface area is 231 Å². The number of carbonyl (C=O) groups excluding carboxylic acids is 2. The second kappa shape index (κ2) is 12.0. The first kappa shape index (κ1) is 27.7. The Balaban J connectivity index is 1.49. The molecule has 2 aromatic carbocycles. The van der Waals surface area contributed by atoms with Gasteiger partial charge in [-0.3, -0.25) is 9.59 Å². The molecule has 0 aliphatic heterocycles. The molecule has 0 saturated carbocycles. The van der Waals surface area contributed by atoms with Gasteiger partial charge in [0.05, 0.1) is 22.7 Å². The van der Waals surface area contributed by atoms with Gasteiger partial charge in [-0.15, -0.1) is 0 Å². The van der Waals surface area contributed by atoms with Crippen LogP contribution >= 0.6 is 0 Å². The zero-order chi connectivity index (χ0) is 28.8. The number of anilines is 2. The molecule has 0 radical (unpaired) electrons. The van der Waals surface area contributed by atoms with Crippen LogP contribution in [-0.2, 0) is 6.54 Å². The number of nitrogen functional groups attached to an aromatic ring is 1. The van der Waals surface area contributed by atoms with Crippen LogP contribution in [0.25, 0.3) is 11.1 Å². The van der Waals surface area contributed by atoms with Gasteiger partial charge in [0.15, 0.2) is 0 Å². The molecule has 0 unspecified atom stereocenters. The number of pyridine rings is 2. The number of nitriles is 1. The van der Waals surface area contributed by atoms with Crippen molar-refractivity contribution < 1.29 is 14.0 Å². The van der Waals surface area contributed by atoms with Gasteiger partial charge in [-0.25, -0.2) is 14.4 Å². The molecule has 9 nitrogen and oxygen atoms in total. The van der Waals surface area contributed by atoms with Crippen LogP contribution in [0.4, 0.5) is 16.0 Å². The minimum Gasteiger partial charge on any atom is -0.383 e. The lowest BCUT2D eigenvalue weighted by molar-refractivity contribution is 0.0828. The summed E-state index contributed by atoms with van der Waals surface area (Å²) >= 11 is 0. The van der Waals surface area contributed by atoms with E-state index in [0.29, 0.717) is 17.9 Å². The number of rotatable bonds is 8. The average Bonchev–Trinajstić information content (AvgIpc) is 2.96. The number of hydrogen-bond acceptors (Lipinski definition) is 7. The molecular weight excluding hydrogens is 509 g/mol.